The average Bonchev–Trinajstić information content (AvgIpc) is 2.91. The van der Waals surface area contributed by atoms with Crippen molar-refractivity contribution in [2.24, 2.45) is 0 Å². The van der Waals surface area contributed by atoms with Gasteiger partial charge in [-0.25, -0.2) is 0 Å². The predicted octanol–water partition coefficient (Wildman–Crippen LogP) is 4.91. The summed E-state index contributed by atoms with van der Waals surface area (Å²) < 4.78 is 6.52. The van der Waals surface area contributed by atoms with Crippen LogP contribution in [0, 0.1) is 0 Å². The van der Waals surface area contributed by atoms with Crippen molar-refractivity contribution in [2.75, 3.05) is 13.2 Å². The summed E-state index contributed by atoms with van der Waals surface area (Å²) in [4.78, 5) is 1.33. The van der Waals surface area contributed by atoms with Gasteiger partial charge in [0.25, 0.3) is 0 Å². The minimum absolute atomic E-state index is 0.803. The molecule has 2 aromatic rings. The molecule has 0 spiro atoms. The van der Waals surface area contributed by atoms with Gasteiger partial charge < -0.3 is 10.1 Å². The van der Waals surface area contributed by atoms with Crippen molar-refractivity contribution in [1.82, 2.24) is 5.32 Å². The highest BCUT2D eigenvalue weighted by molar-refractivity contribution is 7.16. The molecule has 0 saturated heterocycles. The van der Waals surface area contributed by atoms with Crippen LogP contribution in [0.15, 0.2) is 36.4 Å². The average molecular weight is 324 g/mol. The van der Waals surface area contributed by atoms with Crippen molar-refractivity contribution in [3.05, 3.63) is 51.2 Å². The van der Waals surface area contributed by atoms with Crippen molar-refractivity contribution in [3.63, 3.8) is 0 Å². The number of unbranched alkanes of at least 4 members (excludes halogenated alkanes) is 1. The number of benzene rings is 1. The van der Waals surface area contributed by atoms with Crippen molar-refractivity contribution < 1.29 is 4.74 Å². The number of hydrogen-bond donors (Lipinski definition) is 1. The Bertz CT molecular complexity index is 524. The van der Waals surface area contributed by atoms with Gasteiger partial charge in [-0.1, -0.05) is 37.1 Å². The minimum Gasteiger partial charge on any atom is -0.494 e. The fourth-order valence-electron chi connectivity index (χ4n) is 1.97. The number of rotatable bonds is 9. The van der Waals surface area contributed by atoms with Crippen LogP contribution in [0.25, 0.3) is 0 Å². The molecule has 0 aliphatic heterocycles. The Morgan fingerprint density at radius 3 is 2.62 bits per heavy atom. The van der Waals surface area contributed by atoms with Crippen LogP contribution in [0.1, 0.15) is 30.2 Å². The molecule has 0 fully saturated rings. The summed E-state index contributed by atoms with van der Waals surface area (Å²) in [5, 5.41) is 3.45. The van der Waals surface area contributed by atoms with E-state index in [0.29, 0.717) is 0 Å². The standard InChI is InChI=1S/C17H22ClNOS/c1-2-3-12-20-15-6-4-14(5-7-15)13-19-11-10-16-8-9-17(18)21-16/h4-9,19H,2-3,10-13H2,1H3. The van der Waals surface area contributed by atoms with Crippen LogP contribution < -0.4 is 10.1 Å². The van der Waals surface area contributed by atoms with E-state index >= 15 is 0 Å². The zero-order chi connectivity index (χ0) is 14.9. The molecule has 21 heavy (non-hydrogen) atoms. The molecule has 0 unspecified atom stereocenters. The Morgan fingerprint density at radius 1 is 1.14 bits per heavy atom. The molecule has 4 heteroatoms. The molecule has 1 heterocycles. The molecular weight excluding hydrogens is 302 g/mol. The fraction of sp³-hybridized carbons (Fsp3) is 0.412. The summed E-state index contributed by atoms with van der Waals surface area (Å²) in [7, 11) is 0. The van der Waals surface area contributed by atoms with Gasteiger partial charge in [0, 0.05) is 18.0 Å². The quantitative estimate of drug-likeness (QED) is 0.662. The van der Waals surface area contributed by atoms with Crippen LogP contribution in [0.4, 0.5) is 0 Å². The molecule has 114 valence electrons. The normalized spacial score (nSPS) is 10.8. The lowest BCUT2D eigenvalue weighted by Gasteiger charge is -2.07. The van der Waals surface area contributed by atoms with Gasteiger partial charge in [0.15, 0.2) is 0 Å². The number of nitrogens with one attached hydrogen (secondary N) is 1. The molecule has 1 aromatic carbocycles. The topological polar surface area (TPSA) is 21.3 Å². The molecule has 0 bridgehead atoms. The van der Waals surface area contributed by atoms with Crippen LogP contribution in [0.2, 0.25) is 4.34 Å². The van der Waals surface area contributed by atoms with Gasteiger partial charge in [0.1, 0.15) is 5.75 Å². The largest absolute Gasteiger partial charge is 0.494 e. The maximum Gasteiger partial charge on any atom is 0.119 e. The van der Waals surface area contributed by atoms with E-state index in [9.17, 15) is 0 Å². The lowest BCUT2D eigenvalue weighted by Crippen LogP contribution is -2.16. The second-order valence-corrected chi connectivity index (χ2v) is 6.78. The molecule has 0 aliphatic carbocycles. The van der Waals surface area contributed by atoms with Crippen molar-refractivity contribution in [2.45, 2.75) is 32.7 Å². The number of halogens is 1. The maximum atomic E-state index is 5.92. The second-order valence-electron chi connectivity index (χ2n) is 4.98. The van der Waals surface area contributed by atoms with Crippen LogP contribution >= 0.6 is 22.9 Å². The van der Waals surface area contributed by atoms with Gasteiger partial charge in [-0.3, -0.25) is 0 Å². The summed E-state index contributed by atoms with van der Waals surface area (Å²) in [6, 6.07) is 12.4. The van der Waals surface area contributed by atoms with Gasteiger partial charge in [-0.15, -0.1) is 11.3 Å². The Hall–Kier alpha value is -1.03. The first-order valence-corrected chi connectivity index (χ1v) is 8.64. The molecule has 1 aromatic heterocycles. The maximum absolute atomic E-state index is 5.92. The van der Waals surface area contributed by atoms with E-state index in [0.717, 1.165) is 49.0 Å². The molecule has 0 amide bonds. The van der Waals surface area contributed by atoms with E-state index in [1.807, 2.05) is 18.2 Å². The zero-order valence-corrected chi connectivity index (χ0v) is 14.0. The van der Waals surface area contributed by atoms with Gasteiger partial charge >= 0.3 is 0 Å². The Labute approximate surface area is 136 Å². The molecular formula is C17H22ClNOS. The SMILES string of the molecule is CCCCOc1ccc(CNCCc2ccc(Cl)s2)cc1. The lowest BCUT2D eigenvalue weighted by molar-refractivity contribution is 0.309. The molecule has 2 nitrogen and oxygen atoms in total. The van der Waals surface area contributed by atoms with Crippen LogP contribution in [-0.4, -0.2) is 13.2 Å². The van der Waals surface area contributed by atoms with Gasteiger partial charge in [0.05, 0.1) is 10.9 Å². The molecule has 0 saturated carbocycles. The van der Waals surface area contributed by atoms with Crippen LogP contribution in [0.3, 0.4) is 0 Å². The minimum atomic E-state index is 0.803. The summed E-state index contributed by atoms with van der Waals surface area (Å²) in [5.41, 5.74) is 1.28. The van der Waals surface area contributed by atoms with E-state index < -0.39 is 0 Å². The lowest BCUT2D eigenvalue weighted by atomic mass is 10.2. The van der Waals surface area contributed by atoms with Crippen molar-refractivity contribution >= 4 is 22.9 Å². The van der Waals surface area contributed by atoms with Gasteiger partial charge in [0.2, 0.25) is 0 Å². The third kappa shape index (κ3) is 6.08. The smallest absolute Gasteiger partial charge is 0.119 e. The Morgan fingerprint density at radius 2 is 1.95 bits per heavy atom. The third-order valence-electron chi connectivity index (χ3n) is 3.20. The first-order valence-electron chi connectivity index (χ1n) is 7.44. The molecule has 0 atom stereocenters. The highest BCUT2D eigenvalue weighted by atomic mass is 35.5. The monoisotopic (exact) mass is 323 g/mol. The summed E-state index contributed by atoms with van der Waals surface area (Å²) in [5.74, 6) is 0.959. The zero-order valence-electron chi connectivity index (χ0n) is 12.4. The Balaban J connectivity index is 1.66. The third-order valence-corrected chi connectivity index (χ3v) is 4.49. The summed E-state index contributed by atoms with van der Waals surface area (Å²) in [6.45, 7) is 4.82. The van der Waals surface area contributed by atoms with E-state index in [1.165, 1.54) is 10.4 Å². The van der Waals surface area contributed by atoms with E-state index in [2.05, 4.69) is 30.4 Å². The van der Waals surface area contributed by atoms with Gasteiger partial charge in [-0.2, -0.15) is 0 Å². The first kappa shape index (κ1) is 16.3. The highest BCUT2D eigenvalue weighted by Crippen LogP contribution is 2.21. The van der Waals surface area contributed by atoms with Crippen molar-refractivity contribution in [1.29, 1.82) is 0 Å². The Kier molecular flexibility index (Phi) is 7.07. The first-order chi connectivity index (χ1) is 10.3. The number of thiophene rings is 1. The van der Waals surface area contributed by atoms with E-state index in [1.54, 1.807) is 11.3 Å². The van der Waals surface area contributed by atoms with E-state index in [-0.39, 0.29) is 0 Å². The summed E-state index contributed by atoms with van der Waals surface area (Å²) >= 11 is 7.57. The molecule has 0 radical (unpaired) electrons. The predicted molar refractivity (Wildman–Crippen MR) is 91.6 cm³/mol. The number of hydrogen-bond acceptors (Lipinski definition) is 3. The summed E-state index contributed by atoms with van der Waals surface area (Å²) in [6.07, 6.45) is 3.29. The second kappa shape index (κ2) is 9.08. The van der Waals surface area contributed by atoms with E-state index in [4.69, 9.17) is 16.3 Å². The number of ether oxygens (including phenoxy) is 1. The highest BCUT2D eigenvalue weighted by Gasteiger charge is 1.99. The molecule has 2 rings (SSSR count). The van der Waals surface area contributed by atoms with Gasteiger partial charge in [-0.05, 0) is 42.7 Å². The van der Waals surface area contributed by atoms with Crippen LogP contribution in [-0.2, 0) is 13.0 Å². The van der Waals surface area contributed by atoms with Crippen LogP contribution in [0.5, 0.6) is 5.75 Å². The molecule has 0 aliphatic rings. The van der Waals surface area contributed by atoms with Crippen molar-refractivity contribution in [3.8, 4) is 5.75 Å². The fourth-order valence-corrected chi connectivity index (χ4v) is 3.06. The molecule has 1 N–H and O–H groups in total.